The maximum Gasteiger partial charge on any atom is 0.435 e. The third-order valence-electron chi connectivity index (χ3n) is 2.03. The van der Waals surface area contributed by atoms with Gasteiger partial charge in [0.1, 0.15) is 0 Å². The van der Waals surface area contributed by atoms with Crippen molar-refractivity contribution in [3.05, 3.63) is 30.1 Å². The molecule has 1 atom stereocenters. The van der Waals surface area contributed by atoms with Gasteiger partial charge in [0.05, 0.1) is 12.7 Å². The van der Waals surface area contributed by atoms with Crippen LogP contribution in [0.2, 0.25) is 0 Å². The Morgan fingerprint density at radius 3 is 2.75 bits per heavy atom. The van der Waals surface area contributed by atoms with Crippen LogP contribution in [-0.4, -0.2) is 22.5 Å². The number of nitrogens with zero attached hydrogens (tertiary/aromatic N) is 3. The van der Waals surface area contributed by atoms with Gasteiger partial charge in [-0.3, -0.25) is 4.99 Å². The summed E-state index contributed by atoms with van der Waals surface area (Å²) in [7, 11) is 0. The van der Waals surface area contributed by atoms with Crippen LogP contribution in [0.15, 0.2) is 23.2 Å². The summed E-state index contributed by atoms with van der Waals surface area (Å²) in [5, 5.41) is 3.36. The van der Waals surface area contributed by atoms with Crippen molar-refractivity contribution in [2.24, 2.45) is 4.99 Å². The molecule has 0 aromatic carbocycles. The Balaban J connectivity index is 2.32. The van der Waals surface area contributed by atoms with E-state index in [2.05, 4.69) is 16.3 Å². The van der Waals surface area contributed by atoms with E-state index in [1.54, 1.807) is 6.08 Å². The number of dihydropyridines is 1. The number of hydrogen-bond acceptors (Lipinski definition) is 2. The average Bonchev–Trinajstić information content (AvgIpc) is 2.67. The third kappa shape index (κ3) is 1.97. The number of allylic oxidation sites excluding steroid dienone is 1. The van der Waals surface area contributed by atoms with Crippen LogP contribution in [0.3, 0.4) is 0 Å². The monoisotopic (exact) mass is 248 g/mol. The zero-order valence-corrected chi connectivity index (χ0v) is 8.63. The first kappa shape index (κ1) is 11.2. The van der Waals surface area contributed by atoms with Gasteiger partial charge in [-0.2, -0.15) is 18.3 Å². The molecule has 1 unspecified atom stereocenters. The van der Waals surface area contributed by atoms with E-state index in [1.165, 1.54) is 12.3 Å². The largest absolute Gasteiger partial charge is 0.435 e. The predicted octanol–water partition coefficient (Wildman–Crippen LogP) is 2.23. The minimum atomic E-state index is -4.49. The topological polar surface area (TPSA) is 30.2 Å². The molecule has 0 saturated heterocycles. The summed E-state index contributed by atoms with van der Waals surface area (Å²) < 4.78 is 37.9. The number of alkyl halides is 4. The van der Waals surface area contributed by atoms with Crippen LogP contribution in [0.25, 0.3) is 0 Å². The van der Waals surface area contributed by atoms with Gasteiger partial charge in [-0.1, -0.05) is 11.6 Å². The molecule has 0 spiro atoms. The molecule has 3 nitrogen and oxygen atoms in total. The SMILES string of the molecule is FC(F)(F)c1c[c]n(C2(Cl)C=CC=NC2)n1. The second-order valence-corrected chi connectivity index (χ2v) is 3.89. The lowest BCUT2D eigenvalue weighted by Crippen LogP contribution is -2.31. The minimum Gasteiger partial charge on any atom is -0.289 e. The van der Waals surface area contributed by atoms with Gasteiger partial charge in [0, 0.05) is 6.21 Å². The first-order valence-electron chi connectivity index (χ1n) is 4.34. The Hall–Kier alpha value is -1.30. The van der Waals surface area contributed by atoms with Crippen molar-refractivity contribution in [1.29, 1.82) is 0 Å². The first-order chi connectivity index (χ1) is 7.42. The summed E-state index contributed by atoms with van der Waals surface area (Å²) in [5.41, 5.74) is -1.02. The van der Waals surface area contributed by atoms with Crippen LogP contribution < -0.4 is 0 Å². The van der Waals surface area contributed by atoms with Crippen LogP contribution in [0, 0.1) is 6.20 Å². The molecule has 0 amide bonds. The number of hydrogen-bond donors (Lipinski definition) is 0. The lowest BCUT2D eigenvalue weighted by atomic mass is 10.2. The highest BCUT2D eigenvalue weighted by Gasteiger charge is 2.36. The Bertz CT molecular complexity index is 449. The molecule has 2 rings (SSSR count). The molecule has 0 fully saturated rings. The highest BCUT2D eigenvalue weighted by atomic mass is 35.5. The van der Waals surface area contributed by atoms with Crippen molar-refractivity contribution in [3.63, 3.8) is 0 Å². The van der Waals surface area contributed by atoms with Crippen molar-refractivity contribution in [2.75, 3.05) is 6.54 Å². The maximum absolute atomic E-state index is 12.3. The van der Waals surface area contributed by atoms with Gasteiger partial charge in [-0.25, -0.2) is 4.68 Å². The minimum absolute atomic E-state index is 0.126. The standard InChI is InChI=1S/C9H6ClF3N3/c10-8(3-1-4-14-6-8)16-5-2-7(15-16)9(11,12)13/h1-4H,6H2. The Labute approximate surface area is 94.2 Å². The molecule has 1 aromatic rings. The molecule has 1 aliphatic rings. The summed E-state index contributed by atoms with van der Waals surface area (Å²) >= 11 is 6.07. The number of halogens is 4. The summed E-state index contributed by atoms with van der Waals surface area (Å²) in [6.45, 7) is 0.126. The van der Waals surface area contributed by atoms with Gasteiger partial charge in [-0.15, -0.1) is 0 Å². The van der Waals surface area contributed by atoms with E-state index in [9.17, 15) is 13.2 Å². The normalized spacial score (nSPS) is 25.0. The van der Waals surface area contributed by atoms with E-state index in [0.29, 0.717) is 0 Å². The van der Waals surface area contributed by atoms with Gasteiger partial charge in [0.2, 0.25) is 0 Å². The average molecular weight is 249 g/mol. The van der Waals surface area contributed by atoms with Crippen molar-refractivity contribution in [1.82, 2.24) is 9.78 Å². The molecule has 2 heterocycles. The predicted molar refractivity (Wildman–Crippen MR) is 52.4 cm³/mol. The van der Waals surface area contributed by atoms with Gasteiger partial charge in [0.25, 0.3) is 0 Å². The third-order valence-corrected chi connectivity index (χ3v) is 2.44. The van der Waals surface area contributed by atoms with E-state index in [0.717, 1.165) is 10.7 Å². The van der Waals surface area contributed by atoms with Gasteiger partial charge >= 0.3 is 6.18 Å². The van der Waals surface area contributed by atoms with Crippen LogP contribution in [-0.2, 0) is 11.2 Å². The second-order valence-electron chi connectivity index (χ2n) is 3.24. The van der Waals surface area contributed by atoms with Gasteiger partial charge in [-0.05, 0) is 18.2 Å². The Kier molecular flexibility index (Phi) is 2.53. The van der Waals surface area contributed by atoms with Gasteiger partial charge in [0.15, 0.2) is 10.7 Å². The fourth-order valence-electron chi connectivity index (χ4n) is 1.24. The Morgan fingerprint density at radius 2 is 2.25 bits per heavy atom. The molecule has 16 heavy (non-hydrogen) atoms. The highest BCUT2D eigenvalue weighted by Crippen LogP contribution is 2.30. The van der Waals surface area contributed by atoms with E-state index in [1.807, 2.05) is 0 Å². The lowest BCUT2D eigenvalue weighted by Gasteiger charge is -2.23. The van der Waals surface area contributed by atoms with Crippen molar-refractivity contribution in [2.45, 2.75) is 11.2 Å². The molecular weight excluding hydrogens is 243 g/mol. The first-order valence-corrected chi connectivity index (χ1v) is 4.72. The summed E-state index contributed by atoms with van der Waals surface area (Å²) in [4.78, 5) is 2.68. The van der Waals surface area contributed by atoms with Crippen LogP contribution in [0.1, 0.15) is 5.69 Å². The number of aromatic nitrogens is 2. The quantitative estimate of drug-likeness (QED) is 0.701. The summed E-state index contributed by atoms with van der Waals surface area (Å²) in [6, 6.07) is 0.760. The zero-order chi connectivity index (χ0) is 11.8. The molecule has 0 bridgehead atoms. The van der Waals surface area contributed by atoms with Crippen LogP contribution in [0.4, 0.5) is 13.2 Å². The fourth-order valence-corrected chi connectivity index (χ4v) is 1.47. The fraction of sp³-hybridized carbons (Fsp3) is 0.333. The van der Waals surface area contributed by atoms with Gasteiger partial charge < -0.3 is 0 Å². The maximum atomic E-state index is 12.3. The summed E-state index contributed by atoms with van der Waals surface area (Å²) in [6.07, 6.45) is 2.46. The van der Waals surface area contributed by atoms with Crippen molar-refractivity contribution < 1.29 is 13.2 Å². The van der Waals surface area contributed by atoms with Crippen molar-refractivity contribution in [3.8, 4) is 0 Å². The molecule has 1 aliphatic heterocycles. The van der Waals surface area contributed by atoms with Crippen LogP contribution in [0.5, 0.6) is 0 Å². The number of rotatable bonds is 1. The highest BCUT2D eigenvalue weighted by molar-refractivity contribution is 6.23. The second kappa shape index (κ2) is 3.62. The van der Waals surface area contributed by atoms with E-state index >= 15 is 0 Å². The molecule has 0 aliphatic carbocycles. The molecule has 85 valence electrons. The molecule has 1 radical (unpaired) electrons. The lowest BCUT2D eigenvalue weighted by molar-refractivity contribution is -0.141. The molecular formula is C9H6ClF3N3. The molecule has 0 saturated carbocycles. The van der Waals surface area contributed by atoms with E-state index < -0.39 is 16.9 Å². The smallest absolute Gasteiger partial charge is 0.289 e. The molecule has 1 aromatic heterocycles. The zero-order valence-electron chi connectivity index (χ0n) is 7.87. The summed E-state index contributed by atoms with van der Waals surface area (Å²) in [5.74, 6) is 0. The van der Waals surface area contributed by atoms with E-state index in [4.69, 9.17) is 11.6 Å². The van der Waals surface area contributed by atoms with E-state index in [-0.39, 0.29) is 6.54 Å². The Morgan fingerprint density at radius 1 is 1.50 bits per heavy atom. The molecule has 7 heteroatoms. The molecule has 0 N–H and O–H groups in total. The number of aliphatic imine (C=N–C) groups is 1. The van der Waals surface area contributed by atoms with Crippen molar-refractivity contribution >= 4 is 17.8 Å². The van der Waals surface area contributed by atoms with Crippen LogP contribution >= 0.6 is 11.6 Å².